The van der Waals surface area contributed by atoms with Gasteiger partial charge >= 0.3 is 0 Å². The van der Waals surface area contributed by atoms with E-state index in [0.29, 0.717) is 18.6 Å². The summed E-state index contributed by atoms with van der Waals surface area (Å²) >= 11 is 0. The first-order valence-electron chi connectivity index (χ1n) is 7.46. The van der Waals surface area contributed by atoms with Crippen molar-refractivity contribution in [1.29, 1.82) is 0 Å². The van der Waals surface area contributed by atoms with Crippen molar-refractivity contribution in [3.8, 4) is 5.75 Å². The molecule has 3 nitrogen and oxygen atoms in total. The standard InChI is InChI=1S/C18H19NO2/c20-17(7-4-15-2-1-10-19-13-15)6-3-14-5-8-18-16(12-14)9-11-21-18/h1-2,5,8,10,12-13H,3-4,6-7,9,11H2. The van der Waals surface area contributed by atoms with Crippen LogP contribution in [0.1, 0.15) is 29.5 Å². The Bertz CT molecular complexity index is 622. The molecule has 1 aliphatic rings. The van der Waals surface area contributed by atoms with Crippen LogP contribution in [-0.4, -0.2) is 17.4 Å². The lowest BCUT2D eigenvalue weighted by Crippen LogP contribution is -2.02. The summed E-state index contributed by atoms with van der Waals surface area (Å²) in [5.41, 5.74) is 3.63. The topological polar surface area (TPSA) is 39.2 Å². The number of rotatable bonds is 6. The summed E-state index contributed by atoms with van der Waals surface area (Å²) in [5.74, 6) is 1.32. The van der Waals surface area contributed by atoms with Crippen LogP contribution in [0.2, 0.25) is 0 Å². The van der Waals surface area contributed by atoms with Crippen LogP contribution in [0.4, 0.5) is 0 Å². The number of pyridine rings is 1. The van der Waals surface area contributed by atoms with Gasteiger partial charge in [0.05, 0.1) is 6.61 Å². The number of fused-ring (bicyclic) bond motifs is 1. The number of ketones is 1. The highest BCUT2D eigenvalue weighted by molar-refractivity contribution is 5.78. The molecule has 0 radical (unpaired) electrons. The number of carbonyl (C=O) groups excluding carboxylic acids is 1. The van der Waals surface area contributed by atoms with Crippen molar-refractivity contribution >= 4 is 5.78 Å². The molecule has 0 bridgehead atoms. The van der Waals surface area contributed by atoms with Crippen molar-refractivity contribution in [2.24, 2.45) is 0 Å². The lowest BCUT2D eigenvalue weighted by atomic mass is 10.0. The van der Waals surface area contributed by atoms with Crippen LogP contribution in [0.5, 0.6) is 5.75 Å². The monoisotopic (exact) mass is 281 g/mol. The molecule has 0 spiro atoms. The Hall–Kier alpha value is -2.16. The predicted molar refractivity (Wildman–Crippen MR) is 81.5 cm³/mol. The maximum absolute atomic E-state index is 12.0. The van der Waals surface area contributed by atoms with Gasteiger partial charge in [0, 0.05) is 31.7 Å². The fraction of sp³-hybridized carbons (Fsp3) is 0.333. The van der Waals surface area contributed by atoms with Gasteiger partial charge in [-0.1, -0.05) is 18.2 Å². The molecular formula is C18H19NO2. The smallest absolute Gasteiger partial charge is 0.133 e. The number of carbonyl (C=O) groups is 1. The van der Waals surface area contributed by atoms with E-state index in [1.807, 2.05) is 24.4 Å². The number of Topliss-reactive ketones (excluding diaryl/α,β-unsaturated/α-hetero) is 1. The van der Waals surface area contributed by atoms with E-state index in [9.17, 15) is 4.79 Å². The van der Waals surface area contributed by atoms with Crippen molar-refractivity contribution < 1.29 is 9.53 Å². The van der Waals surface area contributed by atoms with Crippen molar-refractivity contribution in [3.05, 3.63) is 59.4 Å². The van der Waals surface area contributed by atoms with Gasteiger partial charge in [0.1, 0.15) is 11.5 Å². The van der Waals surface area contributed by atoms with Crippen LogP contribution in [0.15, 0.2) is 42.7 Å². The molecule has 3 rings (SSSR count). The minimum absolute atomic E-state index is 0.315. The van der Waals surface area contributed by atoms with E-state index in [1.54, 1.807) is 6.20 Å². The molecule has 2 heterocycles. The van der Waals surface area contributed by atoms with Gasteiger partial charge in [-0.05, 0) is 41.7 Å². The van der Waals surface area contributed by atoms with E-state index in [-0.39, 0.29) is 0 Å². The molecule has 1 aliphatic heterocycles. The van der Waals surface area contributed by atoms with E-state index in [1.165, 1.54) is 11.1 Å². The number of nitrogens with zero attached hydrogens (tertiary/aromatic N) is 1. The summed E-state index contributed by atoms with van der Waals surface area (Å²) in [4.78, 5) is 16.0. The number of benzene rings is 1. The van der Waals surface area contributed by atoms with Gasteiger partial charge in [-0.15, -0.1) is 0 Å². The van der Waals surface area contributed by atoms with Gasteiger partial charge in [0.25, 0.3) is 0 Å². The summed E-state index contributed by atoms with van der Waals surface area (Å²) in [7, 11) is 0. The fourth-order valence-corrected chi connectivity index (χ4v) is 2.63. The molecule has 2 aromatic rings. The molecule has 3 heteroatoms. The normalized spacial score (nSPS) is 12.8. The minimum Gasteiger partial charge on any atom is -0.493 e. The zero-order chi connectivity index (χ0) is 14.5. The first-order chi connectivity index (χ1) is 10.3. The van der Waals surface area contributed by atoms with E-state index in [2.05, 4.69) is 17.1 Å². The maximum atomic E-state index is 12.0. The van der Waals surface area contributed by atoms with Crippen LogP contribution in [-0.2, 0) is 24.1 Å². The molecule has 0 atom stereocenters. The van der Waals surface area contributed by atoms with Gasteiger partial charge in [-0.2, -0.15) is 0 Å². The van der Waals surface area contributed by atoms with Gasteiger partial charge in [-0.3, -0.25) is 9.78 Å². The van der Waals surface area contributed by atoms with Gasteiger partial charge in [0.2, 0.25) is 0 Å². The molecule has 0 N–H and O–H groups in total. The molecular weight excluding hydrogens is 262 g/mol. The van der Waals surface area contributed by atoms with Crippen molar-refractivity contribution in [3.63, 3.8) is 0 Å². The molecule has 0 saturated carbocycles. The summed E-state index contributed by atoms with van der Waals surface area (Å²) in [6, 6.07) is 10.2. The van der Waals surface area contributed by atoms with Crippen molar-refractivity contribution in [2.45, 2.75) is 32.1 Å². The van der Waals surface area contributed by atoms with Crippen molar-refractivity contribution in [2.75, 3.05) is 6.61 Å². The van der Waals surface area contributed by atoms with Crippen LogP contribution in [0.25, 0.3) is 0 Å². The molecule has 0 aliphatic carbocycles. The van der Waals surface area contributed by atoms with E-state index >= 15 is 0 Å². The number of hydrogen-bond donors (Lipinski definition) is 0. The Balaban J connectivity index is 1.47. The van der Waals surface area contributed by atoms with Gasteiger partial charge in [-0.25, -0.2) is 0 Å². The second-order valence-electron chi connectivity index (χ2n) is 5.44. The third-order valence-electron chi connectivity index (χ3n) is 3.86. The largest absolute Gasteiger partial charge is 0.493 e. The zero-order valence-corrected chi connectivity index (χ0v) is 12.0. The predicted octanol–water partition coefficient (Wildman–Crippen LogP) is 3.15. The fourth-order valence-electron chi connectivity index (χ4n) is 2.63. The highest BCUT2D eigenvalue weighted by atomic mass is 16.5. The van der Waals surface area contributed by atoms with E-state index in [0.717, 1.165) is 37.2 Å². The third-order valence-corrected chi connectivity index (χ3v) is 3.86. The van der Waals surface area contributed by atoms with Crippen LogP contribution < -0.4 is 4.74 Å². The zero-order valence-electron chi connectivity index (χ0n) is 12.0. The number of aryl methyl sites for hydroxylation is 2. The van der Waals surface area contributed by atoms with E-state index in [4.69, 9.17) is 4.74 Å². The SMILES string of the molecule is O=C(CCc1cccnc1)CCc1ccc2c(c1)CCO2. The molecule has 0 saturated heterocycles. The molecule has 0 fully saturated rings. The second kappa shape index (κ2) is 6.53. The van der Waals surface area contributed by atoms with Crippen LogP contribution in [0.3, 0.4) is 0 Å². The molecule has 0 amide bonds. The third kappa shape index (κ3) is 3.69. The molecule has 1 aromatic carbocycles. The summed E-state index contributed by atoms with van der Waals surface area (Å²) in [5, 5.41) is 0. The van der Waals surface area contributed by atoms with Crippen molar-refractivity contribution in [1.82, 2.24) is 4.98 Å². The Kier molecular flexibility index (Phi) is 4.29. The van der Waals surface area contributed by atoms with Gasteiger partial charge < -0.3 is 4.74 Å². The van der Waals surface area contributed by atoms with Crippen LogP contribution in [0, 0.1) is 0 Å². The minimum atomic E-state index is 0.315. The Morgan fingerprint density at radius 3 is 2.81 bits per heavy atom. The number of ether oxygens (including phenoxy) is 1. The Morgan fingerprint density at radius 1 is 1.14 bits per heavy atom. The summed E-state index contributed by atoms with van der Waals surface area (Å²) in [6.45, 7) is 0.781. The molecule has 108 valence electrons. The highest BCUT2D eigenvalue weighted by Gasteiger charge is 2.12. The average Bonchev–Trinajstić information content (AvgIpc) is 2.99. The molecule has 21 heavy (non-hydrogen) atoms. The molecule has 0 unspecified atom stereocenters. The lowest BCUT2D eigenvalue weighted by molar-refractivity contribution is -0.119. The summed E-state index contributed by atoms with van der Waals surface area (Å²) < 4.78 is 5.49. The average molecular weight is 281 g/mol. The highest BCUT2D eigenvalue weighted by Crippen LogP contribution is 2.26. The first kappa shape index (κ1) is 13.8. The molecule has 1 aromatic heterocycles. The number of aromatic nitrogens is 1. The lowest BCUT2D eigenvalue weighted by Gasteiger charge is -2.04. The maximum Gasteiger partial charge on any atom is 0.133 e. The Labute approximate surface area is 125 Å². The quantitative estimate of drug-likeness (QED) is 0.816. The van der Waals surface area contributed by atoms with E-state index < -0.39 is 0 Å². The first-order valence-corrected chi connectivity index (χ1v) is 7.46. The second-order valence-corrected chi connectivity index (χ2v) is 5.44. The Morgan fingerprint density at radius 2 is 2.00 bits per heavy atom. The van der Waals surface area contributed by atoms with Crippen LogP contribution >= 0.6 is 0 Å². The van der Waals surface area contributed by atoms with Gasteiger partial charge in [0.15, 0.2) is 0 Å². The summed E-state index contributed by atoms with van der Waals surface area (Å²) in [6.07, 6.45) is 7.37. The number of hydrogen-bond acceptors (Lipinski definition) is 3.